The van der Waals surface area contributed by atoms with Gasteiger partial charge in [-0.1, -0.05) is 0 Å². The van der Waals surface area contributed by atoms with Crippen molar-refractivity contribution in [2.45, 2.75) is 6.92 Å². The lowest BCUT2D eigenvalue weighted by molar-refractivity contribution is -0.385. The first-order valence-electron chi connectivity index (χ1n) is 6.10. The highest BCUT2D eigenvalue weighted by molar-refractivity contribution is 5.93. The molecule has 1 rings (SSSR count). The first kappa shape index (κ1) is 16.3. The van der Waals surface area contributed by atoms with Crippen LogP contribution in [0.3, 0.4) is 0 Å². The van der Waals surface area contributed by atoms with Gasteiger partial charge >= 0.3 is 11.7 Å². The van der Waals surface area contributed by atoms with Gasteiger partial charge in [0.2, 0.25) is 5.91 Å². The van der Waals surface area contributed by atoms with Gasteiger partial charge < -0.3 is 14.9 Å². The van der Waals surface area contributed by atoms with Crippen molar-refractivity contribution < 1.29 is 19.6 Å². The van der Waals surface area contributed by atoms with Crippen LogP contribution in [0.2, 0.25) is 0 Å². The van der Waals surface area contributed by atoms with Gasteiger partial charge in [-0.3, -0.25) is 14.9 Å². The van der Waals surface area contributed by atoms with Gasteiger partial charge in [0.25, 0.3) is 0 Å². The molecule has 0 bridgehead atoms. The highest BCUT2D eigenvalue weighted by atomic mass is 16.6. The van der Waals surface area contributed by atoms with Crippen LogP contribution in [-0.2, 0) is 4.79 Å². The zero-order valence-electron chi connectivity index (χ0n) is 11.9. The Bertz CT molecular complexity index is 573. The predicted molar refractivity (Wildman–Crippen MR) is 74.4 cm³/mol. The third-order valence-electron chi connectivity index (χ3n) is 2.83. The van der Waals surface area contributed by atoms with Gasteiger partial charge in [-0.05, 0) is 6.92 Å². The molecule has 1 aromatic heterocycles. The van der Waals surface area contributed by atoms with Crippen LogP contribution < -0.4 is 4.90 Å². The number of carboxylic acid groups (broad SMARTS) is 1. The number of nitro groups is 1. The van der Waals surface area contributed by atoms with E-state index in [0.717, 1.165) is 12.3 Å². The number of anilines is 1. The van der Waals surface area contributed by atoms with Crippen molar-refractivity contribution >= 4 is 23.4 Å². The maximum Gasteiger partial charge on any atom is 0.342 e. The Morgan fingerprint density at radius 2 is 2.05 bits per heavy atom. The lowest BCUT2D eigenvalue weighted by atomic mass is 10.2. The van der Waals surface area contributed by atoms with E-state index in [1.807, 2.05) is 0 Å². The molecule has 0 aliphatic heterocycles. The summed E-state index contributed by atoms with van der Waals surface area (Å²) in [6, 6.07) is 1.10. The van der Waals surface area contributed by atoms with E-state index in [9.17, 15) is 19.7 Å². The Hall–Kier alpha value is -2.71. The molecule has 0 saturated heterocycles. The van der Waals surface area contributed by atoms with Crippen molar-refractivity contribution in [1.29, 1.82) is 0 Å². The van der Waals surface area contributed by atoms with E-state index < -0.39 is 22.1 Å². The lowest BCUT2D eigenvalue weighted by Crippen LogP contribution is -2.37. The van der Waals surface area contributed by atoms with Crippen LogP contribution in [0.5, 0.6) is 0 Å². The van der Waals surface area contributed by atoms with Crippen molar-refractivity contribution in [2.24, 2.45) is 0 Å². The van der Waals surface area contributed by atoms with Crippen LogP contribution >= 0.6 is 0 Å². The maximum atomic E-state index is 11.7. The van der Waals surface area contributed by atoms with Gasteiger partial charge in [0.1, 0.15) is 17.6 Å². The summed E-state index contributed by atoms with van der Waals surface area (Å²) in [6.07, 6.45) is 0.890. The van der Waals surface area contributed by atoms with Crippen molar-refractivity contribution in [3.63, 3.8) is 0 Å². The van der Waals surface area contributed by atoms with E-state index in [-0.39, 0.29) is 18.3 Å². The second-order valence-electron chi connectivity index (χ2n) is 4.42. The average molecular weight is 296 g/mol. The molecule has 0 unspecified atom stereocenters. The van der Waals surface area contributed by atoms with Crippen molar-refractivity contribution in [3.8, 4) is 0 Å². The minimum atomic E-state index is -1.42. The predicted octanol–water partition coefficient (Wildman–Crippen LogP) is 0.603. The molecule has 9 nitrogen and oxygen atoms in total. The van der Waals surface area contributed by atoms with Crippen LogP contribution in [0.1, 0.15) is 17.3 Å². The molecular formula is C12H16N4O5. The molecule has 0 spiro atoms. The van der Waals surface area contributed by atoms with Crippen molar-refractivity contribution in [1.82, 2.24) is 9.88 Å². The number of amides is 1. The fraction of sp³-hybridized carbons (Fsp3) is 0.417. The van der Waals surface area contributed by atoms with Gasteiger partial charge in [0.15, 0.2) is 0 Å². The Morgan fingerprint density at radius 1 is 1.43 bits per heavy atom. The minimum Gasteiger partial charge on any atom is -0.477 e. The fourth-order valence-corrected chi connectivity index (χ4v) is 1.59. The molecule has 1 N–H and O–H groups in total. The minimum absolute atomic E-state index is 0.00731. The van der Waals surface area contributed by atoms with Crippen LogP contribution in [-0.4, -0.2) is 59.0 Å². The zero-order valence-corrected chi connectivity index (χ0v) is 11.9. The fourth-order valence-electron chi connectivity index (χ4n) is 1.59. The number of hydrogen-bond acceptors (Lipinski definition) is 6. The van der Waals surface area contributed by atoms with E-state index in [1.54, 1.807) is 25.9 Å². The molecule has 0 aliphatic rings. The largest absolute Gasteiger partial charge is 0.477 e. The van der Waals surface area contributed by atoms with Gasteiger partial charge in [-0.2, -0.15) is 0 Å². The molecular weight excluding hydrogens is 280 g/mol. The normalized spacial score (nSPS) is 10.0. The van der Waals surface area contributed by atoms with Crippen LogP contribution in [0.15, 0.2) is 12.3 Å². The number of nitrogens with zero attached hydrogens (tertiary/aromatic N) is 4. The Balaban J connectivity index is 3.17. The highest BCUT2D eigenvalue weighted by Crippen LogP contribution is 2.22. The second kappa shape index (κ2) is 6.64. The summed E-state index contributed by atoms with van der Waals surface area (Å²) >= 11 is 0. The third-order valence-corrected chi connectivity index (χ3v) is 2.83. The first-order valence-corrected chi connectivity index (χ1v) is 6.10. The SMILES string of the molecule is CCN(CC(=O)N(C)C)c1cc(C(=O)O)c([N+](=O)[O-])cn1. The maximum absolute atomic E-state index is 11.7. The number of pyridine rings is 1. The third kappa shape index (κ3) is 3.88. The van der Waals surface area contributed by atoms with E-state index >= 15 is 0 Å². The van der Waals surface area contributed by atoms with Gasteiger partial charge in [-0.15, -0.1) is 0 Å². The van der Waals surface area contributed by atoms with Crippen molar-refractivity contribution in [3.05, 3.63) is 27.9 Å². The number of hydrogen-bond donors (Lipinski definition) is 1. The average Bonchev–Trinajstić information content (AvgIpc) is 2.43. The number of carbonyl (C=O) groups is 2. The number of likely N-dealkylation sites (N-methyl/N-ethyl adjacent to an activating group) is 2. The van der Waals surface area contributed by atoms with Crippen molar-refractivity contribution in [2.75, 3.05) is 32.1 Å². The molecule has 0 atom stereocenters. The van der Waals surface area contributed by atoms with Crippen LogP contribution in [0, 0.1) is 10.1 Å². The number of carboxylic acids is 1. The Kier molecular flexibility index (Phi) is 5.17. The Morgan fingerprint density at radius 3 is 2.48 bits per heavy atom. The number of aromatic nitrogens is 1. The highest BCUT2D eigenvalue weighted by Gasteiger charge is 2.23. The number of carbonyl (C=O) groups excluding carboxylic acids is 1. The monoisotopic (exact) mass is 296 g/mol. The van der Waals surface area contributed by atoms with E-state index in [0.29, 0.717) is 6.54 Å². The molecule has 0 fully saturated rings. The molecule has 0 radical (unpaired) electrons. The summed E-state index contributed by atoms with van der Waals surface area (Å²) < 4.78 is 0. The standard InChI is InChI=1S/C12H16N4O5/c1-4-15(7-11(17)14(2)3)10-5-8(12(18)19)9(6-13-10)16(20)21/h5-6H,4,7H2,1-3H3,(H,18,19). The van der Waals surface area contributed by atoms with Crippen LogP contribution in [0.4, 0.5) is 11.5 Å². The summed E-state index contributed by atoms with van der Waals surface area (Å²) in [7, 11) is 3.20. The second-order valence-corrected chi connectivity index (χ2v) is 4.42. The molecule has 114 valence electrons. The van der Waals surface area contributed by atoms with E-state index in [4.69, 9.17) is 5.11 Å². The summed E-state index contributed by atoms with van der Waals surface area (Å²) in [4.78, 5) is 39.6. The summed E-state index contributed by atoms with van der Waals surface area (Å²) in [5.41, 5.74) is -1.04. The molecule has 21 heavy (non-hydrogen) atoms. The summed E-state index contributed by atoms with van der Waals surface area (Å²) in [5.74, 6) is -1.40. The first-order chi connectivity index (χ1) is 9.77. The summed E-state index contributed by atoms with van der Waals surface area (Å²) in [6.45, 7) is 2.18. The number of aromatic carboxylic acids is 1. The number of rotatable bonds is 6. The smallest absolute Gasteiger partial charge is 0.342 e. The van der Waals surface area contributed by atoms with Crippen LogP contribution in [0.25, 0.3) is 0 Å². The molecule has 9 heteroatoms. The topological polar surface area (TPSA) is 117 Å². The van der Waals surface area contributed by atoms with E-state index in [1.165, 1.54) is 4.90 Å². The summed E-state index contributed by atoms with van der Waals surface area (Å²) in [5, 5.41) is 19.8. The Labute approximate surface area is 120 Å². The molecule has 0 aliphatic carbocycles. The molecule has 1 aromatic rings. The molecule has 0 aromatic carbocycles. The van der Waals surface area contributed by atoms with Gasteiger partial charge in [-0.25, -0.2) is 9.78 Å². The van der Waals surface area contributed by atoms with Gasteiger partial charge in [0, 0.05) is 26.7 Å². The molecule has 1 amide bonds. The lowest BCUT2D eigenvalue weighted by Gasteiger charge is -2.23. The van der Waals surface area contributed by atoms with Gasteiger partial charge in [0.05, 0.1) is 11.5 Å². The zero-order chi connectivity index (χ0) is 16.2. The quantitative estimate of drug-likeness (QED) is 0.603. The molecule has 1 heterocycles. The molecule has 0 saturated carbocycles. The van der Waals surface area contributed by atoms with E-state index in [2.05, 4.69) is 4.98 Å².